The smallest absolute Gasteiger partial charge is 0.350 e. The Labute approximate surface area is 148 Å². The molecule has 0 aliphatic heterocycles. The summed E-state index contributed by atoms with van der Waals surface area (Å²) in [6.07, 6.45) is 3.22. The SMILES string of the molecule is Cc1cc(C(=O)COC(=O)c2sc(-c3ncccn3)nc2C)c(C)[nH]1. The first-order valence-electron chi connectivity index (χ1n) is 7.57. The number of H-pyrrole nitrogens is 1. The van der Waals surface area contributed by atoms with Crippen molar-refractivity contribution in [2.75, 3.05) is 6.61 Å². The molecule has 7 nitrogen and oxygen atoms in total. The second-order valence-corrected chi connectivity index (χ2v) is 6.50. The monoisotopic (exact) mass is 356 g/mol. The lowest BCUT2D eigenvalue weighted by Gasteiger charge is -2.03. The normalized spacial score (nSPS) is 10.7. The molecular formula is C17H16N4O3S. The Morgan fingerprint density at radius 3 is 2.56 bits per heavy atom. The number of aromatic amines is 1. The molecule has 0 bridgehead atoms. The molecule has 8 heteroatoms. The van der Waals surface area contributed by atoms with Gasteiger partial charge in [0, 0.05) is 29.3 Å². The summed E-state index contributed by atoms with van der Waals surface area (Å²) in [7, 11) is 0. The standard InChI is InChI=1S/C17H16N4O3S/c1-9-7-12(10(2)20-9)13(22)8-24-17(23)14-11(3)21-16(25-14)15-18-5-4-6-19-15/h4-7,20H,8H2,1-3H3. The summed E-state index contributed by atoms with van der Waals surface area (Å²) in [4.78, 5) is 40.4. The quantitative estimate of drug-likeness (QED) is 0.557. The Balaban J connectivity index is 1.71. The maximum Gasteiger partial charge on any atom is 0.350 e. The van der Waals surface area contributed by atoms with Crippen LogP contribution in [0.3, 0.4) is 0 Å². The maximum absolute atomic E-state index is 12.3. The van der Waals surface area contributed by atoms with E-state index in [0.717, 1.165) is 22.7 Å². The Hall–Kier alpha value is -2.87. The summed E-state index contributed by atoms with van der Waals surface area (Å²) in [6.45, 7) is 5.07. The number of carbonyl (C=O) groups is 2. The molecule has 0 aromatic carbocycles. The number of ether oxygens (including phenoxy) is 1. The number of hydrogen-bond acceptors (Lipinski definition) is 7. The lowest BCUT2D eigenvalue weighted by molar-refractivity contribution is 0.0478. The van der Waals surface area contributed by atoms with Gasteiger partial charge in [-0.05, 0) is 32.9 Å². The number of nitrogens with one attached hydrogen (secondary N) is 1. The third-order valence-corrected chi connectivity index (χ3v) is 4.66. The highest BCUT2D eigenvalue weighted by Gasteiger charge is 2.20. The lowest BCUT2D eigenvalue weighted by Crippen LogP contribution is -2.14. The minimum Gasteiger partial charge on any atom is -0.453 e. The molecule has 0 unspecified atom stereocenters. The molecule has 0 aliphatic rings. The molecule has 0 amide bonds. The predicted molar refractivity (Wildman–Crippen MR) is 92.8 cm³/mol. The van der Waals surface area contributed by atoms with Gasteiger partial charge in [-0.3, -0.25) is 4.79 Å². The molecule has 0 saturated carbocycles. The fraction of sp³-hybridized carbons (Fsp3) is 0.235. The van der Waals surface area contributed by atoms with Gasteiger partial charge in [0.2, 0.25) is 5.78 Å². The maximum atomic E-state index is 12.3. The van der Waals surface area contributed by atoms with Crippen LogP contribution in [0.5, 0.6) is 0 Å². The van der Waals surface area contributed by atoms with Crippen LogP contribution in [0.4, 0.5) is 0 Å². The number of carbonyl (C=O) groups excluding carboxylic acids is 2. The van der Waals surface area contributed by atoms with E-state index < -0.39 is 5.97 Å². The summed E-state index contributed by atoms with van der Waals surface area (Å²) in [5, 5.41) is 0.536. The zero-order chi connectivity index (χ0) is 18.0. The molecule has 3 heterocycles. The van der Waals surface area contributed by atoms with Crippen molar-refractivity contribution in [3.63, 3.8) is 0 Å². The number of rotatable bonds is 5. The van der Waals surface area contributed by atoms with Gasteiger partial charge >= 0.3 is 5.97 Å². The molecule has 3 aromatic rings. The van der Waals surface area contributed by atoms with Crippen molar-refractivity contribution in [1.29, 1.82) is 0 Å². The van der Waals surface area contributed by atoms with Crippen molar-refractivity contribution in [3.8, 4) is 10.8 Å². The second-order valence-electron chi connectivity index (χ2n) is 5.50. The van der Waals surface area contributed by atoms with E-state index in [4.69, 9.17) is 4.74 Å². The minimum atomic E-state index is -0.574. The van der Waals surface area contributed by atoms with E-state index in [0.29, 0.717) is 27.0 Å². The first kappa shape index (κ1) is 17.0. The van der Waals surface area contributed by atoms with Gasteiger partial charge in [0.15, 0.2) is 17.4 Å². The number of thiazole rings is 1. The fourth-order valence-electron chi connectivity index (χ4n) is 2.38. The molecule has 0 saturated heterocycles. The van der Waals surface area contributed by atoms with Crippen molar-refractivity contribution >= 4 is 23.1 Å². The van der Waals surface area contributed by atoms with E-state index >= 15 is 0 Å². The second kappa shape index (κ2) is 6.94. The van der Waals surface area contributed by atoms with Crippen LogP contribution in [0.15, 0.2) is 24.5 Å². The number of nitrogens with zero attached hydrogens (tertiary/aromatic N) is 3. The van der Waals surface area contributed by atoms with E-state index in [9.17, 15) is 9.59 Å². The van der Waals surface area contributed by atoms with Crippen LogP contribution < -0.4 is 0 Å². The summed E-state index contributed by atoms with van der Waals surface area (Å²) < 4.78 is 5.17. The molecule has 0 radical (unpaired) electrons. The van der Waals surface area contributed by atoms with E-state index in [1.54, 1.807) is 31.5 Å². The molecule has 0 spiro atoms. The molecule has 1 N–H and O–H groups in total. The number of ketones is 1. The highest BCUT2D eigenvalue weighted by Crippen LogP contribution is 2.25. The third kappa shape index (κ3) is 3.63. The number of Topliss-reactive ketones (excluding diaryl/α,β-unsaturated/α-hetero) is 1. The number of aryl methyl sites for hydroxylation is 3. The number of hydrogen-bond donors (Lipinski definition) is 1. The van der Waals surface area contributed by atoms with E-state index in [-0.39, 0.29) is 12.4 Å². The van der Waals surface area contributed by atoms with Crippen LogP contribution in [0, 0.1) is 20.8 Å². The Kier molecular flexibility index (Phi) is 4.71. The zero-order valence-corrected chi connectivity index (χ0v) is 14.8. The van der Waals surface area contributed by atoms with E-state index in [1.807, 2.05) is 13.8 Å². The number of aromatic nitrogens is 4. The summed E-state index contributed by atoms with van der Waals surface area (Å²) in [6, 6.07) is 3.45. The van der Waals surface area contributed by atoms with E-state index in [2.05, 4.69) is 19.9 Å². The highest BCUT2D eigenvalue weighted by molar-refractivity contribution is 7.16. The Morgan fingerprint density at radius 2 is 1.92 bits per heavy atom. The van der Waals surface area contributed by atoms with Gasteiger partial charge in [-0.1, -0.05) is 0 Å². The molecule has 25 heavy (non-hydrogen) atoms. The average molecular weight is 356 g/mol. The fourth-order valence-corrected chi connectivity index (χ4v) is 3.29. The van der Waals surface area contributed by atoms with Crippen LogP contribution in [0.2, 0.25) is 0 Å². The van der Waals surface area contributed by atoms with E-state index in [1.165, 1.54) is 0 Å². The van der Waals surface area contributed by atoms with Crippen LogP contribution in [-0.4, -0.2) is 38.3 Å². The lowest BCUT2D eigenvalue weighted by atomic mass is 10.2. The van der Waals surface area contributed by atoms with Crippen LogP contribution in [0.1, 0.15) is 37.1 Å². The van der Waals surface area contributed by atoms with Gasteiger partial charge < -0.3 is 9.72 Å². The third-order valence-electron chi connectivity index (χ3n) is 3.52. The van der Waals surface area contributed by atoms with Gasteiger partial charge in [0.05, 0.1) is 5.69 Å². The van der Waals surface area contributed by atoms with Crippen molar-refractivity contribution < 1.29 is 14.3 Å². The van der Waals surface area contributed by atoms with Crippen molar-refractivity contribution in [2.24, 2.45) is 0 Å². The summed E-state index contributed by atoms with van der Waals surface area (Å²) >= 11 is 1.15. The Bertz CT molecular complexity index is 931. The van der Waals surface area contributed by atoms with Crippen LogP contribution >= 0.6 is 11.3 Å². The molecule has 3 rings (SSSR count). The van der Waals surface area contributed by atoms with Crippen LogP contribution in [0.25, 0.3) is 10.8 Å². The Morgan fingerprint density at radius 1 is 1.20 bits per heavy atom. The molecule has 0 atom stereocenters. The zero-order valence-electron chi connectivity index (χ0n) is 14.0. The average Bonchev–Trinajstić information content (AvgIpc) is 3.15. The molecule has 0 fully saturated rings. The molecular weight excluding hydrogens is 340 g/mol. The van der Waals surface area contributed by atoms with Crippen molar-refractivity contribution in [2.45, 2.75) is 20.8 Å². The van der Waals surface area contributed by atoms with Gasteiger partial charge in [-0.25, -0.2) is 19.7 Å². The highest BCUT2D eigenvalue weighted by atomic mass is 32.1. The predicted octanol–water partition coefficient (Wildman–Crippen LogP) is 2.89. The van der Waals surface area contributed by atoms with Crippen molar-refractivity contribution in [3.05, 3.63) is 52.0 Å². The summed E-state index contributed by atoms with van der Waals surface area (Å²) in [5.41, 5.74) is 2.71. The van der Waals surface area contributed by atoms with Crippen LogP contribution in [-0.2, 0) is 4.74 Å². The van der Waals surface area contributed by atoms with Gasteiger partial charge in [-0.15, -0.1) is 11.3 Å². The van der Waals surface area contributed by atoms with Gasteiger partial charge in [-0.2, -0.15) is 0 Å². The first-order chi connectivity index (χ1) is 12.0. The number of esters is 1. The largest absolute Gasteiger partial charge is 0.453 e. The first-order valence-corrected chi connectivity index (χ1v) is 8.38. The van der Waals surface area contributed by atoms with Crippen molar-refractivity contribution in [1.82, 2.24) is 19.9 Å². The minimum absolute atomic E-state index is 0.246. The summed E-state index contributed by atoms with van der Waals surface area (Å²) in [5.74, 6) is -0.372. The topological polar surface area (TPSA) is 97.8 Å². The molecule has 0 aliphatic carbocycles. The van der Waals surface area contributed by atoms with Gasteiger partial charge in [0.25, 0.3) is 0 Å². The molecule has 3 aromatic heterocycles. The molecule has 128 valence electrons. The van der Waals surface area contributed by atoms with Gasteiger partial charge in [0.1, 0.15) is 4.88 Å².